The molecule has 0 fully saturated rings. The molecule has 0 aliphatic rings. The van der Waals surface area contributed by atoms with Crippen LogP contribution in [0.5, 0.6) is 5.75 Å². The van der Waals surface area contributed by atoms with Gasteiger partial charge in [-0.15, -0.1) is 0 Å². The van der Waals surface area contributed by atoms with E-state index in [1.165, 1.54) is 0 Å². The molecule has 0 heterocycles. The Balaban J connectivity index is 2.60. The molecule has 8 heteroatoms. The largest absolute Gasteiger partial charge is 0.482 e. The van der Waals surface area contributed by atoms with Gasteiger partial charge in [-0.2, -0.15) is 0 Å². The van der Waals surface area contributed by atoms with Crippen molar-refractivity contribution in [2.24, 2.45) is 0 Å². The number of carbonyl (C=O) groups excluding carboxylic acids is 3. The predicted molar refractivity (Wildman–Crippen MR) is 101 cm³/mol. The van der Waals surface area contributed by atoms with E-state index in [0.717, 1.165) is 0 Å². The molecule has 0 aliphatic carbocycles. The minimum Gasteiger partial charge on any atom is -0.482 e. The lowest BCUT2D eigenvalue weighted by molar-refractivity contribution is -0.145. The maximum absolute atomic E-state index is 12.4. The van der Waals surface area contributed by atoms with Crippen molar-refractivity contribution < 1.29 is 28.6 Å². The third-order valence-corrected chi connectivity index (χ3v) is 3.16. The molecule has 150 valence electrons. The van der Waals surface area contributed by atoms with Gasteiger partial charge in [-0.25, -0.2) is 9.59 Å². The van der Waals surface area contributed by atoms with Crippen LogP contribution in [0.15, 0.2) is 24.3 Å². The van der Waals surface area contributed by atoms with E-state index in [-0.39, 0.29) is 6.61 Å². The van der Waals surface area contributed by atoms with Crippen molar-refractivity contribution in [1.29, 1.82) is 0 Å². The van der Waals surface area contributed by atoms with Crippen molar-refractivity contribution in [2.75, 3.05) is 18.5 Å². The molecular weight excluding hydrogens is 352 g/mol. The summed E-state index contributed by atoms with van der Waals surface area (Å²) in [7, 11) is 0. The van der Waals surface area contributed by atoms with Crippen LogP contribution < -0.4 is 15.4 Å². The monoisotopic (exact) mass is 380 g/mol. The van der Waals surface area contributed by atoms with Crippen LogP contribution in [0.3, 0.4) is 0 Å². The third-order valence-electron chi connectivity index (χ3n) is 3.16. The summed E-state index contributed by atoms with van der Waals surface area (Å²) in [5.41, 5.74) is -1.32. The first-order valence-corrected chi connectivity index (χ1v) is 8.64. The van der Waals surface area contributed by atoms with Crippen LogP contribution in [0, 0.1) is 0 Å². The number of alkyl carbamates (subject to hydrolysis) is 1. The van der Waals surface area contributed by atoms with Gasteiger partial charge in [0.15, 0.2) is 6.61 Å². The van der Waals surface area contributed by atoms with Crippen LogP contribution in [0.2, 0.25) is 0 Å². The molecule has 0 saturated carbocycles. The Morgan fingerprint density at radius 3 is 2.11 bits per heavy atom. The number of nitrogens with one attached hydrogen (secondary N) is 2. The van der Waals surface area contributed by atoms with E-state index in [2.05, 4.69) is 10.6 Å². The van der Waals surface area contributed by atoms with Gasteiger partial charge in [-0.05, 0) is 65.8 Å². The standard InChI is InChI=1S/C19H28N2O6/c1-7-25-15(22)12-26-14-10-8-13(9-11-14)20-16(23)19(5,6)21-17(24)27-18(2,3)4/h8-11H,7,12H2,1-6H3,(H,20,23)(H,21,24). The lowest BCUT2D eigenvalue weighted by atomic mass is 10.0. The van der Waals surface area contributed by atoms with Gasteiger partial charge in [-0.1, -0.05) is 0 Å². The van der Waals surface area contributed by atoms with E-state index < -0.39 is 29.1 Å². The lowest BCUT2D eigenvalue weighted by Gasteiger charge is -2.27. The van der Waals surface area contributed by atoms with Gasteiger partial charge in [-0.3, -0.25) is 4.79 Å². The summed E-state index contributed by atoms with van der Waals surface area (Å²) in [4.78, 5) is 35.6. The Kier molecular flexibility index (Phi) is 7.63. The Labute approximate surface area is 159 Å². The summed E-state index contributed by atoms with van der Waals surface area (Å²) < 4.78 is 15.2. The quantitative estimate of drug-likeness (QED) is 0.705. The first-order valence-electron chi connectivity index (χ1n) is 8.64. The van der Waals surface area contributed by atoms with E-state index in [0.29, 0.717) is 18.0 Å². The number of amides is 2. The third kappa shape index (κ3) is 8.44. The number of hydrogen-bond acceptors (Lipinski definition) is 6. The van der Waals surface area contributed by atoms with Crippen LogP contribution in [0.25, 0.3) is 0 Å². The molecule has 1 rings (SSSR count). The highest BCUT2D eigenvalue weighted by atomic mass is 16.6. The zero-order chi connectivity index (χ0) is 20.7. The molecule has 0 spiro atoms. The van der Waals surface area contributed by atoms with Gasteiger partial charge >= 0.3 is 12.1 Å². The van der Waals surface area contributed by atoms with Gasteiger partial charge in [0.2, 0.25) is 5.91 Å². The first-order chi connectivity index (χ1) is 12.4. The fourth-order valence-corrected chi connectivity index (χ4v) is 1.88. The molecule has 0 unspecified atom stereocenters. The Morgan fingerprint density at radius 2 is 1.59 bits per heavy atom. The Morgan fingerprint density at radius 1 is 1.00 bits per heavy atom. The number of rotatable bonds is 7. The summed E-state index contributed by atoms with van der Waals surface area (Å²) in [5, 5.41) is 5.25. The van der Waals surface area contributed by atoms with Crippen molar-refractivity contribution >= 4 is 23.7 Å². The highest BCUT2D eigenvalue weighted by molar-refractivity contribution is 5.99. The van der Waals surface area contributed by atoms with Crippen molar-refractivity contribution in [1.82, 2.24) is 5.32 Å². The summed E-state index contributed by atoms with van der Waals surface area (Å²) in [6, 6.07) is 6.48. The second kappa shape index (κ2) is 9.25. The van der Waals surface area contributed by atoms with E-state index >= 15 is 0 Å². The molecule has 2 amide bonds. The van der Waals surface area contributed by atoms with Crippen LogP contribution in [-0.4, -0.2) is 42.3 Å². The number of carbonyl (C=O) groups is 3. The predicted octanol–water partition coefficient (Wildman–Crippen LogP) is 2.87. The number of hydrogen-bond donors (Lipinski definition) is 2. The van der Waals surface area contributed by atoms with Gasteiger partial charge in [0.1, 0.15) is 16.9 Å². The van der Waals surface area contributed by atoms with Crippen LogP contribution >= 0.6 is 0 Å². The second-order valence-electron chi connectivity index (χ2n) is 7.32. The average molecular weight is 380 g/mol. The maximum Gasteiger partial charge on any atom is 0.408 e. The van der Waals surface area contributed by atoms with Crippen molar-refractivity contribution in [3.63, 3.8) is 0 Å². The van der Waals surface area contributed by atoms with Crippen molar-refractivity contribution in [3.05, 3.63) is 24.3 Å². The Hall–Kier alpha value is -2.77. The zero-order valence-corrected chi connectivity index (χ0v) is 16.7. The van der Waals surface area contributed by atoms with Gasteiger partial charge < -0.3 is 24.8 Å². The lowest BCUT2D eigenvalue weighted by Crippen LogP contribution is -2.53. The summed E-state index contributed by atoms with van der Waals surface area (Å²) >= 11 is 0. The van der Waals surface area contributed by atoms with Crippen molar-refractivity contribution in [2.45, 2.75) is 52.7 Å². The second-order valence-corrected chi connectivity index (χ2v) is 7.32. The molecule has 2 N–H and O–H groups in total. The minimum absolute atomic E-state index is 0.188. The molecule has 0 aromatic heterocycles. The number of esters is 1. The summed E-state index contributed by atoms with van der Waals surface area (Å²) in [6.07, 6.45) is -0.676. The molecule has 1 aromatic rings. The highest BCUT2D eigenvalue weighted by Gasteiger charge is 2.31. The van der Waals surface area contributed by atoms with E-state index in [1.54, 1.807) is 65.8 Å². The molecule has 0 radical (unpaired) electrons. The number of benzene rings is 1. The SMILES string of the molecule is CCOC(=O)COc1ccc(NC(=O)C(C)(C)NC(=O)OC(C)(C)C)cc1. The van der Waals surface area contributed by atoms with Gasteiger partial charge in [0, 0.05) is 5.69 Å². The topological polar surface area (TPSA) is 103 Å². The van der Waals surface area contributed by atoms with E-state index in [1.807, 2.05) is 0 Å². The number of anilines is 1. The van der Waals surface area contributed by atoms with Crippen molar-refractivity contribution in [3.8, 4) is 5.75 Å². The summed E-state index contributed by atoms with van der Waals surface area (Å²) in [5.74, 6) is -0.398. The first kappa shape index (κ1) is 22.3. The molecule has 27 heavy (non-hydrogen) atoms. The normalized spacial score (nSPS) is 11.3. The molecular formula is C19H28N2O6. The van der Waals surface area contributed by atoms with Gasteiger partial charge in [0.25, 0.3) is 0 Å². The van der Waals surface area contributed by atoms with E-state index in [9.17, 15) is 14.4 Å². The number of ether oxygens (including phenoxy) is 3. The van der Waals surface area contributed by atoms with E-state index in [4.69, 9.17) is 14.2 Å². The molecule has 0 bridgehead atoms. The highest BCUT2D eigenvalue weighted by Crippen LogP contribution is 2.17. The van der Waals surface area contributed by atoms with Gasteiger partial charge in [0.05, 0.1) is 6.61 Å². The fourth-order valence-electron chi connectivity index (χ4n) is 1.88. The zero-order valence-electron chi connectivity index (χ0n) is 16.7. The van der Waals surface area contributed by atoms with Crippen LogP contribution in [0.1, 0.15) is 41.5 Å². The molecule has 0 atom stereocenters. The minimum atomic E-state index is -1.18. The summed E-state index contributed by atoms with van der Waals surface area (Å²) in [6.45, 7) is 10.2. The fraction of sp³-hybridized carbons (Fsp3) is 0.526. The molecule has 8 nitrogen and oxygen atoms in total. The molecule has 1 aromatic carbocycles. The Bertz CT molecular complexity index is 662. The maximum atomic E-state index is 12.4. The van der Waals surface area contributed by atoms with Crippen LogP contribution in [-0.2, 0) is 19.1 Å². The van der Waals surface area contributed by atoms with Crippen LogP contribution in [0.4, 0.5) is 10.5 Å². The smallest absolute Gasteiger partial charge is 0.408 e. The average Bonchev–Trinajstić information content (AvgIpc) is 2.52. The molecule has 0 aliphatic heterocycles. The molecule has 0 saturated heterocycles.